The summed E-state index contributed by atoms with van der Waals surface area (Å²) >= 11 is 0. The van der Waals surface area contributed by atoms with E-state index >= 15 is 0 Å². The van der Waals surface area contributed by atoms with Gasteiger partial charge in [0.1, 0.15) is 0 Å². The molecule has 2 aromatic heterocycles. The Bertz CT molecular complexity index is 868. The lowest BCUT2D eigenvalue weighted by Crippen LogP contribution is -2.36. The van der Waals surface area contributed by atoms with E-state index in [2.05, 4.69) is 89.3 Å². The van der Waals surface area contributed by atoms with Crippen LogP contribution in [0.5, 0.6) is 0 Å². The number of hydrogen-bond acceptors (Lipinski definition) is 5. The molecule has 1 aliphatic heterocycles. The zero-order valence-electron chi connectivity index (χ0n) is 27.5. The van der Waals surface area contributed by atoms with Crippen molar-refractivity contribution in [2.45, 2.75) is 125 Å². The monoisotopic (exact) mass is 557 g/mol. The maximum Gasteiger partial charge on any atom is 0.0300 e. The highest BCUT2D eigenvalue weighted by molar-refractivity contribution is 5.11. The lowest BCUT2D eigenvalue weighted by Gasteiger charge is -2.30. The van der Waals surface area contributed by atoms with Gasteiger partial charge in [0.15, 0.2) is 0 Å². The van der Waals surface area contributed by atoms with Crippen LogP contribution in [0.25, 0.3) is 0 Å². The molecule has 1 aliphatic rings. The van der Waals surface area contributed by atoms with Crippen LogP contribution in [0.4, 0.5) is 0 Å². The third kappa shape index (κ3) is 15.9. The predicted octanol–water partition coefficient (Wildman–Crippen LogP) is 6.55. The third-order valence-electron chi connectivity index (χ3n) is 8.06. The van der Waals surface area contributed by atoms with Gasteiger partial charge < -0.3 is 27.1 Å². The summed E-state index contributed by atoms with van der Waals surface area (Å²) < 4.78 is 0. The number of pyridine rings is 1. The average Bonchev–Trinajstić information content (AvgIpc) is 3.37. The lowest BCUT2D eigenvalue weighted by molar-refractivity contribution is 0.213. The molecule has 0 amide bonds. The van der Waals surface area contributed by atoms with Gasteiger partial charge >= 0.3 is 0 Å². The molecule has 0 aromatic carbocycles. The maximum absolute atomic E-state index is 6.15. The van der Waals surface area contributed by atoms with Gasteiger partial charge in [-0.15, -0.1) is 0 Å². The summed E-state index contributed by atoms with van der Waals surface area (Å²) in [5.74, 6) is 0. The van der Waals surface area contributed by atoms with Gasteiger partial charge in [-0.1, -0.05) is 74.8 Å². The predicted molar refractivity (Wildman–Crippen MR) is 174 cm³/mol. The highest BCUT2D eigenvalue weighted by Gasteiger charge is 2.22. The van der Waals surface area contributed by atoms with Crippen LogP contribution < -0.4 is 17.2 Å². The van der Waals surface area contributed by atoms with Crippen LogP contribution in [0.15, 0.2) is 42.9 Å². The molecule has 3 rings (SSSR count). The second-order valence-corrected chi connectivity index (χ2v) is 14.9. The largest absolute Gasteiger partial charge is 0.365 e. The SMILES string of the molecule is CC(C)(C)C(N)CCCN1CCCCC1.CC(C)(C)C(N)Cc1ccc[nH]1.CC(C)(C)C(N)Cc1cccnc1. The van der Waals surface area contributed by atoms with Crippen LogP contribution in [0, 0.1) is 16.2 Å². The Labute approximate surface area is 247 Å². The first-order valence-electron chi connectivity index (χ1n) is 15.5. The zero-order chi connectivity index (χ0) is 30.4. The van der Waals surface area contributed by atoms with E-state index in [9.17, 15) is 0 Å². The molecule has 40 heavy (non-hydrogen) atoms. The van der Waals surface area contributed by atoms with Crippen molar-refractivity contribution < 1.29 is 0 Å². The number of aromatic nitrogens is 2. The Morgan fingerprint density at radius 3 is 1.82 bits per heavy atom. The number of hydrogen-bond donors (Lipinski definition) is 4. The molecule has 3 heterocycles. The first-order valence-corrected chi connectivity index (χ1v) is 15.5. The molecule has 3 unspecified atom stereocenters. The fraction of sp³-hybridized carbons (Fsp3) is 0.735. The van der Waals surface area contributed by atoms with E-state index in [4.69, 9.17) is 17.2 Å². The molecule has 0 saturated carbocycles. The van der Waals surface area contributed by atoms with Gasteiger partial charge in [0, 0.05) is 48.8 Å². The van der Waals surface area contributed by atoms with E-state index in [1.165, 1.54) is 63.0 Å². The molecule has 6 heteroatoms. The number of piperidine rings is 1. The van der Waals surface area contributed by atoms with E-state index < -0.39 is 0 Å². The van der Waals surface area contributed by atoms with Crippen molar-refractivity contribution in [3.05, 3.63) is 54.1 Å². The van der Waals surface area contributed by atoms with E-state index in [-0.39, 0.29) is 28.3 Å². The number of likely N-dealkylation sites (tertiary alicyclic amines) is 1. The van der Waals surface area contributed by atoms with Crippen molar-refractivity contribution >= 4 is 0 Å². The van der Waals surface area contributed by atoms with Crippen LogP contribution in [0.2, 0.25) is 0 Å². The van der Waals surface area contributed by atoms with Crippen LogP contribution in [-0.4, -0.2) is 52.6 Å². The van der Waals surface area contributed by atoms with Gasteiger partial charge in [-0.2, -0.15) is 0 Å². The minimum Gasteiger partial charge on any atom is -0.365 e. The van der Waals surface area contributed by atoms with Gasteiger partial charge in [-0.3, -0.25) is 4.98 Å². The van der Waals surface area contributed by atoms with Crippen LogP contribution in [0.1, 0.15) is 106 Å². The number of nitrogens with one attached hydrogen (secondary N) is 1. The number of nitrogens with two attached hydrogens (primary N) is 3. The molecule has 230 valence electrons. The molecular formula is C34H64N6. The minimum atomic E-state index is 0.163. The number of H-pyrrole nitrogens is 1. The highest BCUT2D eigenvalue weighted by Crippen LogP contribution is 2.22. The van der Waals surface area contributed by atoms with Crippen molar-refractivity contribution in [3.63, 3.8) is 0 Å². The fourth-order valence-corrected chi connectivity index (χ4v) is 4.27. The van der Waals surface area contributed by atoms with E-state index in [1.54, 1.807) is 6.20 Å². The Morgan fingerprint density at radius 2 is 1.35 bits per heavy atom. The lowest BCUT2D eigenvalue weighted by atomic mass is 9.84. The smallest absolute Gasteiger partial charge is 0.0300 e. The number of nitrogens with zero attached hydrogens (tertiary/aromatic N) is 2. The molecule has 0 radical (unpaired) electrons. The molecule has 0 spiro atoms. The summed E-state index contributed by atoms with van der Waals surface area (Å²) in [5.41, 5.74) is 21.3. The van der Waals surface area contributed by atoms with Crippen LogP contribution >= 0.6 is 0 Å². The number of aromatic amines is 1. The van der Waals surface area contributed by atoms with Gasteiger partial charge in [0.05, 0.1) is 0 Å². The van der Waals surface area contributed by atoms with Gasteiger partial charge in [-0.25, -0.2) is 0 Å². The van der Waals surface area contributed by atoms with Crippen molar-refractivity contribution in [2.75, 3.05) is 19.6 Å². The van der Waals surface area contributed by atoms with Crippen molar-refractivity contribution in [3.8, 4) is 0 Å². The molecule has 1 saturated heterocycles. The van der Waals surface area contributed by atoms with E-state index in [0.717, 1.165) is 12.8 Å². The third-order valence-corrected chi connectivity index (χ3v) is 8.06. The molecule has 0 aliphatic carbocycles. The standard InChI is InChI=1S/C13H28N2.C11H18N2.C10H18N2/c1-13(2,3)12(14)8-7-11-15-9-5-4-6-10-15;1-11(2,3)10(12)7-9-5-4-6-13-8-9;1-10(2,3)9(11)7-8-5-4-6-12-8/h12H,4-11,14H2,1-3H3;4-6,8,10H,7,12H2,1-3H3;4-6,9,12H,7,11H2,1-3H3. The Hall–Kier alpha value is -1.73. The maximum atomic E-state index is 6.15. The zero-order valence-corrected chi connectivity index (χ0v) is 27.5. The second-order valence-electron chi connectivity index (χ2n) is 14.9. The van der Waals surface area contributed by atoms with Crippen molar-refractivity contribution in [1.82, 2.24) is 14.9 Å². The molecule has 0 bridgehead atoms. The minimum absolute atomic E-state index is 0.163. The fourth-order valence-electron chi connectivity index (χ4n) is 4.27. The van der Waals surface area contributed by atoms with Gasteiger partial charge in [0.2, 0.25) is 0 Å². The molecule has 7 N–H and O–H groups in total. The first-order chi connectivity index (χ1) is 18.5. The summed E-state index contributed by atoms with van der Waals surface area (Å²) in [7, 11) is 0. The second kappa shape index (κ2) is 17.3. The van der Waals surface area contributed by atoms with E-state index in [0.29, 0.717) is 6.04 Å². The molecular weight excluding hydrogens is 492 g/mol. The van der Waals surface area contributed by atoms with Crippen LogP contribution in [0.3, 0.4) is 0 Å². The van der Waals surface area contributed by atoms with Gasteiger partial charge in [-0.05, 0) is 91.7 Å². The van der Waals surface area contributed by atoms with Crippen LogP contribution in [-0.2, 0) is 12.8 Å². The summed E-state index contributed by atoms with van der Waals surface area (Å²) in [6.45, 7) is 23.6. The normalized spacial score (nSPS) is 17.1. The summed E-state index contributed by atoms with van der Waals surface area (Å²) in [6.07, 6.45) is 14.1. The molecule has 1 fully saturated rings. The quantitative estimate of drug-likeness (QED) is 0.295. The van der Waals surface area contributed by atoms with Crippen molar-refractivity contribution in [2.24, 2.45) is 33.4 Å². The highest BCUT2D eigenvalue weighted by atomic mass is 15.1. The molecule has 6 nitrogen and oxygen atoms in total. The Morgan fingerprint density at radius 1 is 0.775 bits per heavy atom. The molecule has 2 aromatic rings. The summed E-state index contributed by atoms with van der Waals surface area (Å²) in [5, 5.41) is 0. The van der Waals surface area contributed by atoms with E-state index in [1.807, 2.05) is 24.5 Å². The molecule has 3 atom stereocenters. The summed E-state index contributed by atoms with van der Waals surface area (Å²) in [4.78, 5) is 9.82. The Kier molecular flexibility index (Phi) is 15.7. The first kappa shape index (κ1) is 36.3. The number of rotatable bonds is 8. The van der Waals surface area contributed by atoms with Crippen molar-refractivity contribution in [1.29, 1.82) is 0 Å². The van der Waals surface area contributed by atoms with Gasteiger partial charge in [0.25, 0.3) is 0 Å². The summed E-state index contributed by atoms with van der Waals surface area (Å²) in [6, 6.07) is 8.86. The average molecular weight is 557 g/mol. The topological polar surface area (TPSA) is 110 Å². The Balaban J connectivity index is 0.000000302.